The number of alkyl halides is 3. The summed E-state index contributed by atoms with van der Waals surface area (Å²) in [5.41, 5.74) is 1.29. The molecule has 1 N–H and O–H groups in total. The van der Waals surface area contributed by atoms with E-state index in [-0.39, 0.29) is 17.9 Å². The van der Waals surface area contributed by atoms with Crippen molar-refractivity contribution >= 4 is 28.9 Å². The number of H-pyrrole nitrogens is 1. The van der Waals surface area contributed by atoms with Crippen LogP contribution in [0.4, 0.5) is 30.2 Å². The van der Waals surface area contributed by atoms with Crippen LogP contribution in [0, 0.1) is 0 Å². The quantitative estimate of drug-likeness (QED) is 0.332. The number of nitrogens with zero attached hydrogens (tertiary/aromatic N) is 3. The maximum absolute atomic E-state index is 14.3. The SMILES string of the molecule is CCN1C(=O)C(c2cc(-c3cn[nH]c3)ccc2OC)C(=O)N(c2ccccc2)c2cc(C(F)(F)F)ccc21. The van der Waals surface area contributed by atoms with Gasteiger partial charge in [-0.3, -0.25) is 19.6 Å². The minimum atomic E-state index is -4.64. The molecule has 2 heterocycles. The van der Waals surface area contributed by atoms with Crippen LogP contribution in [0.15, 0.2) is 79.1 Å². The van der Waals surface area contributed by atoms with Gasteiger partial charge in [0.2, 0.25) is 11.8 Å². The molecule has 7 nitrogen and oxygen atoms in total. The average Bonchev–Trinajstić information content (AvgIpc) is 3.42. The standard InChI is InChI=1S/C28H23F3N4O3/c1-3-34-22-11-10-19(28(29,30)31)14-23(22)35(20-7-5-4-6-8-20)27(37)25(26(34)36)21-13-17(9-12-24(21)38-2)18-15-32-33-16-18/h4-16,25H,3H2,1-2H3,(H,32,33). The van der Waals surface area contributed by atoms with Crippen molar-refractivity contribution in [1.82, 2.24) is 10.2 Å². The number of hydrogen-bond donors (Lipinski definition) is 1. The van der Waals surface area contributed by atoms with Gasteiger partial charge in [0.15, 0.2) is 0 Å². The highest BCUT2D eigenvalue weighted by Gasteiger charge is 2.44. The van der Waals surface area contributed by atoms with E-state index >= 15 is 0 Å². The molecule has 0 radical (unpaired) electrons. The van der Waals surface area contributed by atoms with Gasteiger partial charge in [-0.15, -0.1) is 0 Å². The first-order chi connectivity index (χ1) is 18.2. The van der Waals surface area contributed by atoms with E-state index in [9.17, 15) is 22.8 Å². The molecule has 0 spiro atoms. The molecule has 0 saturated heterocycles. The Morgan fingerprint density at radius 1 is 0.947 bits per heavy atom. The van der Waals surface area contributed by atoms with E-state index in [0.717, 1.165) is 17.7 Å². The van der Waals surface area contributed by atoms with Gasteiger partial charge in [0, 0.05) is 29.6 Å². The van der Waals surface area contributed by atoms with Crippen molar-refractivity contribution in [2.45, 2.75) is 19.0 Å². The van der Waals surface area contributed by atoms with Crippen molar-refractivity contribution in [2.24, 2.45) is 0 Å². The van der Waals surface area contributed by atoms with Gasteiger partial charge in [0.05, 0.1) is 30.2 Å². The van der Waals surface area contributed by atoms with Gasteiger partial charge in [0.25, 0.3) is 0 Å². The zero-order valence-corrected chi connectivity index (χ0v) is 20.5. The van der Waals surface area contributed by atoms with Crippen LogP contribution in [-0.4, -0.2) is 35.7 Å². The number of carbonyl (C=O) groups excluding carboxylic acids is 2. The van der Waals surface area contributed by atoms with E-state index in [2.05, 4.69) is 10.2 Å². The Bertz CT molecular complexity index is 1490. The molecule has 1 unspecified atom stereocenters. The Kier molecular flexibility index (Phi) is 6.40. The molecular weight excluding hydrogens is 497 g/mol. The second-order valence-electron chi connectivity index (χ2n) is 8.67. The molecule has 1 aliphatic heterocycles. The summed E-state index contributed by atoms with van der Waals surface area (Å²) in [6, 6.07) is 16.5. The molecule has 1 aliphatic rings. The molecule has 5 rings (SSSR count). The first-order valence-electron chi connectivity index (χ1n) is 11.8. The van der Waals surface area contributed by atoms with E-state index in [4.69, 9.17) is 4.74 Å². The summed E-state index contributed by atoms with van der Waals surface area (Å²) in [4.78, 5) is 30.9. The topological polar surface area (TPSA) is 78.5 Å². The lowest BCUT2D eigenvalue weighted by Gasteiger charge is -2.26. The first kappa shape index (κ1) is 25.1. The summed E-state index contributed by atoms with van der Waals surface area (Å²) < 4.78 is 46.8. The molecule has 4 aromatic rings. The Morgan fingerprint density at radius 3 is 2.34 bits per heavy atom. The third kappa shape index (κ3) is 4.27. The minimum Gasteiger partial charge on any atom is -0.496 e. The molecule has 0 aliphatic carbocycles. The van der Waals surface area contributed by atoms with Gasteiger partial charge in [0.1, 0.15) is 11.7 Å². The molecule has 0 bridgehead atoms. The number of para-hydroxylation sites is 1. The van der Waals surface area contributed by atoms with Crippen LogP contribution in [0.3, 0.4) is 0 Å². The van der Waals surface area contributed by atoms with Crippen LogP contribution < -0.4 is 14.5 Å². The Labute approximate surface area is 216 Å². The van der Waals surface area contributed by atoms with Gasteiger partial charge in [-0.1, -0.05) is 24.3 Å². The third-order valence-corrected chi connectivity index (χ3v) is 6.52. The number of likely N-dealkylation sites (N-methyl/N-ethyl adjacent to an activating group) is 1. The van der Waals surface area contributed by atoms with Crippen molar-refractivity contribution in [2.75, 3.05) is 23.5 Å². The highest BCUT2D eigenvalue weighted by molar-refractivity contribution is 6.23. The number of aromatic nitrogens is 2. The van der Waals surface area contributed by atoms with Crippen molar-refractivity contribution < 1.29 is 27.5 Å². The fraction of sp³-hybridized carbons (Fsp3) is 0.179. The number of aromatic amines is 1. The Morgan fingerprint density at radius 2 is 1.71 bits per heavy atom. The van der Waals surface area contributed by atoms with E-state index in [1.54, 1.807) is 67.8 Å². The lowest BCUT2D eigenvalue weighted by Crippen LogP contribution is -2.39. The van der Waals surface area contributed by atoms with E-state index in [1.807, 2.05) is 0 Å². The Hall–Kier alpha value is -4.60. The van der Waals surface area contributed by atoms with E-state index < -0.39 is 29.5 Å². The lowest BCUT2D eigenvalue weighted by atomic mass is 9.92. The zero-order chi connectivity index (χ0) is 27.0. The molecule has 0 saturated carbocycles. The number of methoxy groups -OCH3 is 1. The molecule has 38 heavy (non-hydrogen) atoms. The Balaban J connectivity index is 1.77. The minimum absolute atomic E-state index is 0.0290. The molecular formula is C28H23F3N4O3. The monoisotopic (exact) mass is 520 g/mol. The normalized spacial score (nSPS) is 15.9. The predicted molar refractivity (Wildman–Crippen MR) is 136 cm³/mol. The number of nitrogens with one attached hydrogen (secondary N) is 1. The van der Waals surface area contributed by atoms with Crippen molar-refractivity contribution in [3.63, 3.8) is 0 Å². The van der Waals surface area contributed by atoms with Crippen LogP contribution >= 0.6 is 0 Å². The van der Waals surface area contributed by atoms with Gasteiger partial charge < -0.3 is 9.64 Å². The van der Waals surface area contributed by atoms with Crippen LogP contribution in [0.5, 0.6) is 5.75 Å². The van der Waals surface area contributed by atoms with Gasteiger partial charge in [-0.25, -0.2) is 0 Å². The van der Waals surface area contributed by atoms with Gasteiger partial charge in [-0.2, -0.15) is 18.3 Å². The molecule has 10 heteroatoms. The molecule has 1 atom stereocenters. The summed E-state index contributed by atoms with van der Waals surface area (Å²) in [5.74, 6) is -2.35. The molecule has 0 fully saturated rings. The summed E-state index contributed by atoms with van der Waals surface area (Å²) >= 11 is 0. The van der Waals surface area contributed by atoms with Crippen LogP contribution in [0.2, 0.25) is 0 Å². The third-order valence-electron chi connectivity index (χ3n) is 6.52. The van der Waals surface area contributed by atoms with Crippen LogP contribution in [0.1, 0.15) is 24.0 Å². The first-order valence-corrected chi connectivity index (χ1v) is 11.8. The number of amides is 2. The smallest absolute Gasteiger partial charge is 0.416 e. The fourth-order valence-electron chi connectivity index (χ4n) is 4.72. The number of halogens is 3. The number of anilines is 3. The molecule has 2 amide bonds. The number of hydrogen-bond acceptors (Lipinski definition) is 4. The summed E-state index contributed by atoms with van der Waals surface area (Å²) in [6.07, 6.45) is -1.37. The fourth-order valence-corrected chi connectivity index (χ4v) is 4.72. The molecule has 194 valence electrons. The largest absolute Gasteiger partial charge is 0.496 e. The van der Waals surface area contributed by atoms with Crippen LogP contribution in [-0.2, 0) is 15.8 Å². The molecule has 3 aromatic carbocycles. The maximum atomic E-state index is 14.3. The second-order valence-corrected chi connectivity index (χ2v) is 8.67. The average molecular weight is 521 g/mol. The van der Waals surface area contributed by atoms with E-state index in [0.29, 0.717) is 22.6 Å². The second kappa shape index (κ2) is 9.70. The van der Waals surface area contributed by atoms with Gasteiger partial charge in [-0.05, 0) is 55.0 Å². The van der Waals surface area contributed by atoms with Crippen molar-refractivity contribution in [1.29, 1.82) is 0 Å². The summed E-state index contributed by atoms with van der Waals surface area (Å²) in [7, 11) is 1.43. The van der Waals surface area contributed by atoms with Crippen molar-refractivity contribution in [3.8, 4) is 16.9 Å². The van der Waals surface area contributed by atoms with E-state index in [1.165, 1.54) is 23.0 Å². The number of fused-ring (bicyclic) bond motifs is 1. The number of carbonyl (C=O) groups is 2. The number of rotatable bonds is 5. The predicted octanol–water partition coefficient (Wildman–Crippen LogP) is 5.92. The number of ether oxygens (including phenoxy) is 1. The van der Waals surface area contributed by atoms with Crippen LogP contribution in [0.25, 0.3) is 11.1 Å². The van der Waals surface area contributed by atoms with Gasteiger partial charge >= 0.3 is 6.18 Å². The zero-order valence-electron chi connectivity index (χ0n) is 20.5. The maximum Gasteiger partial charge on any atom is 0.416 e. The number of benzene rings is 3. The molecule has 1 aromatic heterocycles. The highest BCUT2D eigenvalue weighted by Crippen LogP contribution is 2.45. The summed E-state index contributed by atoms with van der Waals surface area (Å²) in [6.45, 7) is 1.84. The van der Waals surface area contributed by atoms with Crippen molar-refractivity contribution in [3.05, 3.63) is 90.3 Å². The lowest BCUT2D eigenvalue weighted by molar-refractivity contribution is -0.137. The highest BCUT2D eigenvalue weighted by atomic mass is 19.4. The summed E-state index contributed by atoms with van der Waals surface area (Å²) in [5, 5.41) is 6.70.